The summed E-state index contributed by atoms with van der Waals surface area (Å²) in [5.74, 6) is 0. The molecule has 1 N–H and O–H groups in total. The number of sulfonamides is 1. The van der Waals surface area contributed by atoms with Gasteiger partial charge in [-0.15, -0.1) is 0 Å². The first-order valence-corrected chi connectivity index (χ1v) is 10.6. The lowest BCUT2D eigenvalue weighted by atomic mass is 10.1. The maximum absolute atomic E-state index is 13.1. The zero-order chi connectivity index (χ0) is 18.3. The molecule has 26 heavy (non-hydrogen) atoms. The second-order valence-electron chi connectivity index (χ2n) is 7.24. The van der Waals surface area contributed by atoms with Gasteiger partial charge in [-0.2, -0.15) is 4.31 Å². The molecular weight excluding hydrogens is 346 g/mol. The standard InChI is InChI=1S/C20H25N3O2S/c1-15-4-3-5-18(12-15)23-11-10-22(14-16(23)2)26(24,25)19-6-7-20-17(13-19)8-9-21-20/h3-7,12-13,16,21H,8-11,14H2,1-2H3/t16-/m1/s1. The predicted molar refractivity (Wildman–Crippen MR) is 105 cm³/mol. The van der Waals surface area contributed by atoms with Crippen LogP contribution in [-0.2, 0) is 16.4 Å². The van der Waals surface area contributed by atoms with Crippen LogP contribution in [-0.4, -0.2) is 44.9 Å². The van der Waals surface area contributed by atoms with E-state index in [2.05, 4.69) is 48.3 Å². The van der Waals surface area contributed by atoms with Crippen LogP contribution in [0.2, 0.25) is 0 Å². The van der Waals surface area contributed by atoms with E-state index in [1.807, 2.05) is 12.1 Å². The minimum atomic E-state index is -3.45. The fourth-order valence-corrected chi connectivity index (χ4v) is 5.49. The van der Waals surface area contributed by atoms with Crippen molar-refractivity contribution in [3.8, 4) is 0 Å². The Morgan fingerprint density at radius 3 is 2.73 bits per heavy atom. The first kappa shape index (κ1) is 17.4. The van der Waals surface area contributed by atoms with Gasteiger partial charge in [0.1, 0.15) is 0 Å². The van der Waals surface area contributed by atoms with Crippen LogP contribution in [0.4, 0.5) is 11.4 Å². The van der Waals surface area contributed by atoms with Crippen molar-refractivity contribution in [2.45, 2.75) is 31.2 Å². The van der Waals surface area contributed by atoms with Crippen LogP contribution in [0.1, 0.15) is 18.1 Å². The molecule has 0 spiro atoms. The van der Waals surface area contributed by atoms with Gasteiger partial charge in [0.25, 0.3) is 0 Å². The van der Waals surface area contributed by atoms with E-state index < -0.39 is 10.0 Å². The average Bonchev–Trinajstić information content (AvgIpc) is 3.09. The highest BCUT2D eigenvalue weighted by atomic mass is 32.2. The molecule has 138 valence electrons. The Balaban J connectivity index is 1.54. The summed E-state index contributed by atoms with van der Waals surface area (Å²) < 4.78 is 27.9. The van der Waals surface area contributed by atoms with Crippen LogP contribution < -0.4 is 10.2 Å². The number of hydrogen-bond donors (Lipinski definition) is 1. The van der Waals surface area contributed by atoms with Gasteiger partial charge in [0, 0.05) is 43.6 Å². The molecule has 1 saturated heterocycles. The van der Waals surface area contributed by atoms with E-state index in [-0.39, 0.29) is 6.04 Å². The van der Waals surface area contributed by atoms with Crippen LogP contribution in [0.5, 0.6) is 0 Å². The highest BCUT2D eigenvalue weighted by Crippen LogP contribution is 2.29. The van der Waals surface area contributed by atoms with Crippen LogP contribution >= 0.6 is 0 Å². The molecule has 1 atom stereocenters. The van der Waals surface area contributed by atoms with Crippen molar-refractivity contribution >= 4 is 21.4 Å². The van der Waals surface area contributed by atoms with Crippen LogP contribution in [0.25, 0.3) is 0 Å². The van der Waals surface area contributed by atoms with Crippen molar-refractivity contribution in [2.24, 2.45) is 0 Å². The molecule has 2 aliphatic heterocycles. The molecule has 0 bridgehead atoms. The molecule has 5 nitrogen and oxygen atoms in total. The number of rotatable bonds is 3. The summed E-state index contributed by atoms with van der Waals surface area (Å²) in [6, 6.07) is 14.0. The van der Waals surface area contributed by atoms with E-state index in [1.54, 1.807) is 10.4 Å². The molecule has 1 fully saturated rings. The third kappa shape index (κ3) is 3.08. The number of nitrogens with zero attached hydrogens (tertiary/aromatic N) is 2. The molecule has 2 aliphatic rings. The van der Waals surface area contributed by atoms with Crippen molar-refractivity contribution in [2.75, 3.05) is 36.4 Å². The summed E-state index contributed by atoms with van der Waals surface area (Å²) >= 11 is 0. The summed E-state index contributed by atoms with van der Waals surface area (Å²) in [6.07, 6.45) is 0.885. The van der Waals surface area contributed by atoms with Crippen LogP contribution in [0, 0.1) is 6.92 Å². The summed E-state index contributed by atoms with van der Waals surface area (Å²) in [5.41, 5.74) is 4.54. The Hall–Kier alpha value is -2.05. The number of piperazine rings is 1. The van der Waals surface area contributed by atoms with E-state index in [9.17, 15) is 8.42 Å². The lowest BCUT2D eigenvalue weighted by molar-refractivity contribution is 0.342. The zero-order valence-electron chi connectivity index (χ0n) is 15.3. The second kappa shape index (κ2) is 6.59. The van der Waals surface area contributed by atoms with Crippen LogP contribution in [0.15, 0.2) is 47.4 Å². The number of fused-ring (bicyclic) bond motifs is 1. The Bertz CT molecular complexity index is 926. The number of nitrogens with one attached hydrogen (secondary N) is 1. The maximum Gasteiger partial charge on any atom is 0.243 e. The summed E-state index contributed by atoms with van der Waals surface area (Å²) in [7, 11) is -3.45. The molecule has 2 heterocycles. The molecule has 0 unspecified atom stereocenters. The van der Waals surface area contributed by atoms with Gasteiger partial charge in [-0.3, -0.25) is 0 Å². The highest BCUT2D eigenvalue weighted by molar-refractivity contribution is 7.89. The van der Waals surface area contributed by atoms with E-state index in [0.29, 0.717) is 24.5 Å². The van der Waals surface area contributed by atoms with Crippen molar-refractivity contribution < 1.29 is 8.42 Å². The van der Waals surface area contributed by atoms with Crippen LogP contribution in [0.3, 0.4) is 0 Å². The molecule has 4 rings (SSSR count). The topological polar surface area (TPSA) is 52.7 Å². The van der Waals surface area contributed by atoms with Gasteiger partial charge < -0.3 is 10.2 Å². The van der Waals surface area contributed by atoms with Crippen molar-refractivity contribution in [3.63, 3.8) is 0 Å². The largest absolute Gasteiger partial charge is 0.384 e. The first-order valence-electron chi connectivity index (χ1n) is 9.15. The van der Waals surface area contributed by atoms with E-state index in [0.717, 1.165) is 29.9 Å². The molecule has 0 radical (unpaired) electrons. The average molecular weight is 372 g/mol. The molecule has 0 aliphatic carbocycles. The molecule has 0 aromatic heterocycles. The summed E-state index contributed by atoms with van der Waals surface area (Å²) in [6.45, 7) is 6.77. The SMILES string of the molecule is Cc1cccc(N2CCN(S(=O)(=O)c3ccc4c(c3)CCN4)C[C@H]2C)c1. The normalized spacial score (nSPS) is 20.7. The molecule has 2 aromatic carbocycles. The number of aryl methyl sites for hydroxylation is 1. The quantitative estimate of drug-likeness (QED) is 0.901. The summed E-state index contributed by atoms with van der Waals surface area (Å²) in [4.78, 5) is 2.71. The van der Waals surface area contributed by atoms with E-state index >= 15 is 0 Å². The van der Waals surface area contributed by atoms with E-state index in [4.69, 9.17) is 0 Å². The number of anilines is 2. The lowest BCUT2D eigenvalue weighted by Gasteiger charge is -2.40. The van der Waals surface area contributed by atoms with Crippen molar-refractivity contribution in [1.82, 2.24) is 4.31 Å². The Labute approximate surface area is 155 Å². The highest BCUT2D eigenvalue weighted by Gasteiger charge is 2.33. The maximum atomic E-state index is 13.1. The number of benzene rings is 2. The van der Waals surface area contributed by atoms with Crippen molar-refractivity contribution in [1.29, 1.82) is 0 Å². The smallest absolute Gasteiger partial charge is 0.243 e. The zero-order valence-corrected chi connectivity index (χ0v) is 16.1. The Kier molecular flexibility index (Phi) is 4.40. The third-order valence-electron chi connectivity index (χ3n) is 5.35. The minimum absolute atomic E-state index is 0.136. The van der Waals surface area contributed by atoms with Gasteiger partial charge in [-0.25, -0.2) is 8.42 Å². The molecule has 6 heteroatoms. The summed E-state index contributed by atoms with van der Waals surface area (Å²) in [5, 5.41) is 3.28. The lowest BCUT2D eigenvalue weighted by Crippen LogP contribution is -2.53. The molecule has 2 aromatic rings. The molecule has 0 saturated carbocycles. The van der Waals surface area contributed by atoms with Gasteiger partial charge in [0.05, 0.1) is 4.90 Å². The second-order valence-corrected chi connectivity index (χ2v) is 9.18. The van der Waals surface area contributed by atoms with Gasteiger partial charge in [0.2, 0.25) is 10.0 Å². The Morgan fingerprint density at radius 1 is 1.12 bits per heavy atom. The van der Waals surface area contributed by atoms with Gasteiger partial charge in [0.15, 0.2) is 0 Å². The number of hydrogen-bond acceptors (Lipinski definition) is 4. The monoisotopic (exact) mass is 371 g/mol. The predicted octanol–water partition coefficient (Wildman–Crippen LogP) is 2.86. The van der Waals surface area contributed by atoms with Gasteiger partial charge in [-0.05, 0) is 61.7 Å². The first-order chi connectivity index (χ1) is 12.4. The third-order valence-corrected chi connectivity index (χ3v) is 7.21. The van der Waals surface area contributed by atoms with Gasteiger partial charge in [-0.1, -0.05) is 12.1 Å². The fourth-order valence-electron chi connectivity index (χ4n) is 3.92. The minimum Gasteiger partial charge on any atom is -0.384 e. The molecular formula is C20H25N3O2S. The van der Waals surface area contributed by atoms with Gasteiger partial charge >= 0.3 is 0 Å². The van der Waals surface area contributed by atoms with Crippen molar-refractivity contribution in [3.05, 3.63) is 53.6 Å². The fraction of sp³-hybridized carbons (Fsp3) is 0.400. The molecule has 0 amide bonds. The van der Waals surface area contributed by atoms with E-state index in [1.165, 1.54) is 5.56 Å². The Morgan fingerprint density at radius 2 is 1.96 bits per heavy atom.